The quantitative estimate of drug-likeness (QED) is 0.724. The van der Waals surface area contributed by atoms with Crippen LogP contribution in [0.15, 0.2) is 48.5 Å². The zero-order chi connectivity index (χ0) is 13.9. The maximum atomic E-state index is 6.27. The standard InChI is InChI=1S/C17H18INO/c1-2-19-11-14-5-3-4-6-16(14)20-17(12-19)13-7-9-15(18)10-8-13/h3-10,17H,2,11-12H2,1H3. The average Bonchev–Trinajstić information content (AvgIpc) is 2.67. The SMILES string of the molecule is CCN1Cc2ccccc2OC(c2ccc(I)cc2)C1. The third kappa shape index (κ3) is 2.99. The number of benzene rings is 2. The molecule has 1 atom stereocenters. The van der Waals surface area contributed by atoms with E-state index in [1.807, 2.05) is 6.07 Å². The molecule has 1 heterocycles. The van der Waals surface area contributed by atoms with Gasteiger partial charge in [0.25, 0.3) is 0 Å². The Labute approximate surface area is 133 Å². The molecule has 20 heavy (non-hydrogen) atoms. The van der Waals surface area contributed by atoms with Gasteiger partial charge in [-0.15, -0.1) is 0 Å². The summed E-state index contributed by atoms with van der Waals surface area (Å²) >= 11 is 2.34. The molecular formula is C17H18INO. The van der Waals surface area contributed by atoms with Crippen molar-refractivity contribution in [1.29, 1.82) is 0 Å². The van der Waals surface area contributed by atoms with Gasteiger partial charge in [-0.05, 0) is 52.9 Å². The fraction of sp³-hybridized carbons (Fsp3) is 0.294. The van der Waals surface area contributed by atoms with Gasteiger partial charge in [0.2, 0.25) is 0 Å². The van der Waals surface area contributed by atoms with Crippen LogP contribution in [0.2, 0.25) is 0 Å². The second-order valence-corrected chi connectivity index (χ2v) is 6.34. The van der Waals surface area contributed by atoms with Gasteiger partial charge in [0.05, 0.1) is 0 Å². The van der Waals surface area contributed by atoms with Crippen LogP contribution in [0.1, 0.15) is 24.2 Å². The van der Waals surface area contributed by atoms with Crippen molar-refractivity contribution in [1.82, 2.24) is 4.90 Å². The number of fused-ring (bicyclic) bond motifs is 1. The lowest BCUT2D eigenvalue weighted by Gasteiger charge is -2.22. The van der Waals surface area contributed by atoms with E-state index in [-0.39, 0.29) is 6.10 Å². The molecule has 0 fully saturated rings. The number of likely N-dealkylation sites (N-methyl/N-ethyl adjacent to an activating group) is 1. The van der Waals surface area contributed by atoms with Gasteiger partial charge in [0, 0.05) is 22.2 Å². The molecule has 0 N–H and O–H groups in total. The summed E-state index contributed by atoms with van der Waals surface area (Å²) in [4.78, 5) is 2.44. The van der Waals surface area contributed by atoms with Crippen molar-refractivity contribution in [2.24, 2.45) is 0 Å². The minimum absolute atomic E-state index is 0.107. The van der Waals surface area contributed by atoms with Gasteiger partial charge in [-0.25, -0.2) is 0 Å². The molecular weight excluding hydrogens is 361 g/mol. The van der Waals surface area contributed by atoms with Crippen molar-refractivity contribution in [3.8, 4) is 5.75 Å². The molecule has 104 valence electrons. The number of para-hydroxylation sites is 1. The molecule has 1 aliphatic heterocycles. The Morgan fingerprint density at radius 2 is 1.90 bits per heavy atom. The average molecular weight is 379 g/mol. The minimum atomic E-state index is 0.107. The molecule has 0 saturated heterocycles. The van der Waals surface area contributed by atoms with Crippen molar-refractivity contribution in [2.45, 2.75) is 19.6 Å². The Kier molecular flexibility index (Phi) is 4.27. The Morgan fingerprint density at radius 1 is 1.15 bits per heavy atom. The predicted molar refractivity (Wildman–Crippen MR) is 89.9 cm³/mol. The summed E-state index contributed by atoms with van der Waals surface area (Å²) in [6, 6.07) is 17.0. The van der Waals surface area contributed by atoms with Crippen LogP contribution in [-0.2, 0) is 6.54 Å². The van der Waals surface area contributed by atoms with E-state index in [0.29, 0.717) is 0 Å². The minimum Gasteiger partial charge on any atom is -0.484 e. The molecule has 1 aliphatic rings. The maximum absolute atomic E-state index is 6.27. The number of hydrogen-bond acceptors (Lipinski definition) is 2. The van der Waals surface area contributed by atoms with Gasteiger partial charge in [0.15, 0.2) is 0 Å². The summed E-state index contributed by atoms with van der Waals surface area (Å²) in [5, 5.41) is 0. The molecule has 0 radical (unpaired) electrons. The molecule has 1 unspecified atom stereocenters. The lowest BCUT2D eigenvalue weighted by Crippen LogP contribution is -2.27. The Bertz CT molecular complexity index is 582. The smallest absolute Gasteiger partial charge is 0.136 e. The van der Waals surface area contributed by atoms with Crippen LogP contribution < -0.4 is 4.74 Å². The normalized spacial score (nSPS) is 19.0. The molecule has 0 bridgehead atoms. The van der Waals surface area contributed by atoms with E-state index in [9.17, 15) is 0 Å². The molecule has 0 aliphatic carbocycles. The summed E-state index contributed by atoms with van der Waals surface area (Å²) in [7, 11) is 0. The van der Waals surface area contributed by atoms with Gasteiger partial charge >= 0.3 is 0 Å². The largest absolute Gasteiger partial charge is 0.484 e. The number of rotatable bonds is 2. The van der Waals surface area contributed by atoms with Gasteiger partial charge in [-0.3, -0.25) is 4.90 Å². The van der Waals surface area contributed by atoms with E-state index in [1.165, 1.54) is 14.7 Å². The molecule has 2 nitrogen and oxygen atoms in total. The first-order valence-corrected chi connectivity index (χ1v) is 8.06. The highest BCUT2D eigenvalue weighted by Gasteiger charge is 2.23. The molecule has 3 rings (SSSR count). The predicted octanol–water partition coefficient (Wildman–Crippen LogP) is 4.25. The van der Waals surface area contributed by atoms with Crippen LogP contribution in [0.5, 0.6) is 5.75 Å². The number of nitrogens with zero attached hydrogens (tertiary/aromatic N) is 1. The third-order valence-corrected chi connectivity index (χ3v) is 4.47. The fourth-order valence-electron chi connectivity index (χ4n) is 2.57. The molecule has 0 saturated carbocycles. The van der Waals surface area contributed by atoms with Crippen molar-refractivity contribution in [3.63, 3.8) is 0 Å². The third-order valence-electron chi connectivity index (χ3n) is 3.75. The van der Waals surface area contributed by atoms with E-state index < -0.39 is 0 Å². The van der Waals surface area contributed by atoms with Crippen molar-refractivity contribution in [2.75, 3.05) is 13.1 Å². The van der Waals surface area contributed by atoms with Crippen molar-refractivity contribution >= 4 is 22.6 Å². The first-order valence-electron chi connectivity index (χ1n) is 6.98. The summed E-state index contributed by atoms with van der Waals surface area (Å²) in [6.45, 7) is 5.15. The highest BCUT2D eigenvalue weighted by atomic mass is 127. The lowest BCUT2D eigenvalue weighted by molar-refractivity contribution is 0.152. The second kappa shape index (κ2) is 6.14. The van der Waals surface area contributed by atoms with Crippen molar-refractivity contribution in [3.05, 3.63) is 63.2 Å². The fourth-order valence-corrected chi connectivity index (χ4v) is 2.93. The first kappa shape index (κ1) is 13.9. The molecule has 0 spiro atoms. The highest BCUT2D eigenvalue weighted by Crippen LogP contribution is 2.31. The molecule has 3 heteroatoms. The van der Waals surface area contributed by atoms with E-state index in [2.05, 4.69) is 76.9 Å². The summed E-state index contributed by atoms with van der Waals surface area (Å²) in [5.74, 6) is 1.02. The molecule has 2 aromatic rings. The summed E-state index contributed by atoms with van der Waals surface area (Å²) in [5.41, 5.74) is 2.53. The Morgan fingerprint density at radius 3 is 2.65 bits per heavy atom. The summed E-state index contributed by atoms with van der Waals surface area (Å²) in [6.07, 6.45) is 0.107. The maximum Gasteiger partial charge on any atom is 0.136 e. The van der Waals surface area contributed by atoms with Crippen LogP contribution in [0, 0.1) is 3.57 Å². The van der Waals surface area contributed by atoms with Crippen LogP contribution in [-0.4, -0.2) is 18.0 Å². The number of halogens is 1. The van der Waals surface area contributed by atoms with Crippen LogP contribution >= 0.6 is 22.6 Å². The highest BCUT2D eigenvalue weighted by molar-refractivity contribution is 14.1. The van der Waals surface area contributed by atoms with Crippen LogP contribution in [0.3, 0.4) is 0 Å². The van der Waals surface area contributed by atoms with Gasteiger partial charge in [0.1, 0.15) is 11.9 Å². The van der Waals surface area contributed by atoms with Gasteiger partial charge < -0.3 is 4.74 Å². The van der Waals surface area contributed by atoms with Crippen molar-refractivity contribution < 1.29 is 4.74 Å². The van der Waals surface area contributed by atoms with Gasteiger partial charge in [-0.1, -0.05) is 37.3 Å². The van der Waals surface area contributed by atoms with Crippen LogP contribution in [0.25, 0.3) is 0 Å². The zero-order valence-corrected chi connectivity index (χ0v) is 13.7. The van der Waals surface area contributed by atoms with Crippen LogP contribution in [0.4, 0.5) is 0 Å². The first-order chi connectivity index (χ1) is 9.76. The van der Waals surface area contributed by atoms with Gasteiger partial charge in [-0.2, -0.15) is 0 Å². The van der Waals surface area contributed by atoms with E-state index in [1.54, 1.807) is 0 Å². The summed E-state index contributed by atoms with van der Waals surface area (Å²) < 4.78 is 7.53. The monoisotopic (exact) mass is 379 g/mol. The topological polar surface area (TPSA) is 12.5 Å². The number of hydrogen-bond donors (Lipinski definition) is 0. The van der Waals surface area contributed by atoms with E-state index >= 15 is 0 Å². The molecule has 0 aromatic heterocycles. The molecule has 2 aromatic carbocycles. The number of ether oxygens (including phenoxy) is 1. The van der Waals surface area contributed by atoms with E-state index in [0.717, 1.165) is 25.4 Å². The Balaban J connectivity index is 1.93. The second-order valence-electron chi connectivity index (χ2n) is 5.09. The lowest BCUT2D eigenvalue weighted by atomic mass is 10.1. The molecule has 0 amide bonds. The zero-order valence-electron chi connectivity index (χ0n) is 11.6. The van der Waals surface area contributed by atoms with E-state index in [4.69, 9.17) is 4.74 Å². The Hall–Kier alpha value is -1.07.